The molecule has 0 radical (unpaired) electrons. The van der Waals surface area contributed by atoms with Crippen molar-refractivity contribution in [3.63, 3.8) is 0 Å². The molecule has 0 fully saturated rings. The van der Waals surface area contributed by atoms with Crippen molar-refractivity contribution < 1.29 is 14.3 Å². The second-order valence-electron chi connectivity index (χ2n) is 3.17. The van der Waals surface area contributed by atoms with Crippen LogP contribution in [0.4, 0.5) is 10.7 Å². The Morgan fingerprint density at radius 3 is 2.59 bits per heavy atom. The zero-order valence-corrected chi connectivity index (χ0v) is 10.1. The second kappa shape index (κ2) is 5.88. The van der Waals surface area contributed by atoms with E-state index < -0.39 is 6.09 Å². The van der Waals surface area contributed by atoms with Gasteiger partial charge in [-0.25, -0.2) is 4.79 Å². The lowest BCUT2D eigenvalue weighted by atomic mass is 10.3. The minimum Gasteiger partial charge on any atom is -0.478 e. The lowest BCUT2D eigenvalue weighted by Gasteiger charge is -2.10. The first kappa shape index (κ1) is 13.0. The van der Waals surface area contributed by atoms with Crippen molar-refractivity contribution in [3.8, 4) is 11.8 Å². The molecule has 3 N–H and O–H groups in total. The molecule has 1 aromatic rings. The molecule has 0 saturated heterocycles. The number of carbonyl (C=O) groups excluding carboxylic acids is 1. The van der Waals surface area contributed by atoms with E-state index in [1.807, 2.05) is 6.92 Å². The normalized spacial score (nSPS) is 9.82. The van der Waals surface area contributed by atoms with Crippen LogP contribution < -0.4 is 20.5 Å². The summed E-state index contributed by atoms with van der Waals surface area (Å²) in [4.78, 5) is 19.0. The van der Waals surface area contributed by atoms with Gasteiger partial charge in [0, 0.05) is 6.54 Å². The van der Waals surface area contributed by atoms with Crippen LogP contribution in [0.3, 0.4) is 0 Å². The molecule has 0 bridgehead atoms. The van der Waals surface area contributed by atoms with Crippen molar-refractivity contribution in [3.05, 3.63) is 5.56 Å². The highest BCUT2D eigenvalue weighted by Gasteiger charge is 2.14. The summed E-state index contributed by atoms with van der Waals surface area (Å²) < 4.78 is 10.2. The van der Waals surface area contributed by atoms with Crippen LogP contribution in [-0.2, 0) is 0 Å². The van der Waals surface area contributed by atoms with Crippen LogP contribution in [-0.4, -0.2) is 29.2 Å². The maximum Gasteiger partial charge on any atom is 0.413 e. The maximum atomic E-state index is 11.3. The zero-order chi connectivity index (χ0) is 12.8. The molecular weight excluding hydrogens is 224 g/mol. The third-order valence-corrected chi connectivity index (χ3v) is 1.87. The van der Waals surface area contributed by atoms with Crippen LogP contribution in [0.1, 0.15) is 19.4 Å². The van der Waals surface area contributed by atoms with E-state index in [0.717, 1.165) is 0 Å². The molecule has 1 rings (SSSR count). The van der Waals surface area contributed by atoms with Gasteiger partial charge in [-0.15, -0.1) is 0 Å². The molecule has 0 saturated carbocycles. The van der Waals surface area contributed by atoms with E-state index >= 15 is 0 Å². The summed E-state index contributed by atoms with van der Waals surface area (Å²) in [5.41, 5.74) is 6.03. The van der Waals surface area contributed by atoms with Gasteiger partial charge in [0.15, 0.2) is 0 Å². The second-order valence-corrected chi connectivity index (χ2v) is 3.17. The standard InChI is InChI=1S/C10H16N4O3/c1-4-12-10(15)17-8-6(3)7(16-5-2)13-9(11)14-8/h4-5H2,1-3H3,(H,12,15)(H2,11,13,14). The van der Waals surface area contributed by atoms with Crippen LogP contribution in [0, 0.1) is 6.92 Å². The average molecular weight is 240 g/mol. The fourth-order valence-corrected chi connectivity index (χ4v) is 1.14. The number of nitrogen functional groups attached to an aromatic ring is 1. The van der Waals surface area contributed by atoms with Gasteiger partial charge in [-0.05, 0) is 20.8 Å². The zero-order valence-electron chi connectivity index (χ0n) is 10.1. The molecule has 7 heteroatoms. The van der Waals surface area contributed by atoms with Gasteiger partial charge in [-0.1, -0.05) is 0 Å². The van der Waals surface area contributed by atoms with Crippen molar-refractivity contribution in [2.45, 2.75) is 20.8 Å². The number of anilines is 1. The molecule has 1 heterocycles. The Labute approximate surface area is 99.3 Å². The first-order valence-electron chi connectivity index (χ1n) is 5.31. The SMILES string of the molecule is CCNC(=O)Oc1nc(N)nc(OCC)c1C. The smallest absolute Gasteiger partial charge is 0.413 e. The molecule has 0 unspecified atom stereocenters. The fraction of sp³-hybridized carbons (Fsp3) is 0.500. The molecule has 7 nitrogen and oxygen atoms in total. The molecule has 17 heavy (non-hydrogen) atoms. The predicted octanol–water partition coefficient (Wildman–Crippen LogP) is 0.874. The number of rotatable bonds is 4. The van der Waals surface area contributed by atoms with E-state index in [9.17, 15) is 4.79 Å². The summed E-state index contributed by atoms with van der Waals surface area (Å²) in [5, 5.41) is 2.49. The molecule has 0 aliphatic carbocycles. The molecule has 1 aromatic heterocycles. The number of hydrogen-bond donors (Lipinski definition) is 2. The highest BCUT2D eigenvalue weighted by molar-refractivity contribution is 5.70. The summed E-state index contributed by atoms with van der Waals surface area (Å²) in [5.74, 6) is 0.421. The van der Waals surface area contributed by atoms with Crippen molar-refractivity contribution in [1.29, 1.82) is 0 Å². The fourth-order valence-electron chi connectivity index (χ4n) is 1.14. The van der Waals surface area contributed by atoms with Gasteiger partial charge in [0.25, 0.3) is 0 Å². The number of ether oxygens (including phenoxy) is 2. The maximum absolute atomic E-state index is 11.3. The van der Waals surface area contributed by atoms with Gasteiger partial charge in [0.2, 0.25) is 17.7 Å². The van der Waals surface area contributed by atoms with E-state index in [1.54, 1.807) is 13.8 Å². The van der Waals surface area contributed by atoms with Crippen LogP contribution in [0.15, 0.2) is 0 Å². The molecule has 0 spiro atoms. The number of nitrogens with one attached hydrogen (secondary N) is 1. The van der Waals surface area contributed by atoms with Crippen LogP contribution in [0.25, 0.3) is 0 Å². The minimum absolute atomic E-state index is 0.00153. The van der Waals surface area contributed by atoms with Gasteiger partial charge in [0.1, 0.15) is 0 Å². The van der Waals surface area contributed by atoms with Gasteiger partial charge in [-0.2, -0.15) is 9.97 Å². The summed E-state index contributed by atoms with van der Waals surface area (Å²) >= 11 is 0. The topological polar surface area (TPSA) is 99.4 Å². The Hall–Kier alpha value is -2.05. The summed E-state index contributed by atoms with van der Waals surface area (Å²) in [6, 6.07) is 0. The van der Waals surface area contributed by atoms with Crippen LogP contribution in [0.5, 0.6) is 11.8 Å². The summed E-state index contributed by atoms with van der Waals surface area (Å²) in [7, 11) is 0. The Morgan fingerprint density at radius 1 is 1.35 bits per heavy atom. The molecular formula is C10H16N4O3. The molecule has 1 amide bonds. The third kappa shape index (κ3) is 3.47. The van der Waals surface area contributed by atoms with E-state index in [-0.39, 0.29) is 11.8 Å². The molecule has 94 valence electrons. The summed E-state index contributed by atoms with van der Waals surface area (Å²) in [6.45, 7) is 6.21. The van der Waals surface area contributed by atoms with Gasteiger partial charge >= 0.3 is 6.09 Å². The third-order valence-electron chi connectivity index (χ3n) is 1.87. The Bertz CT molecular complexity index is 409. The van der Waals surface area contributed by atoms with E-state index in [4.69, 9.17) is 15.2 Å². The Balaban J connectivity index is 2.94. The molecule has 0 aromatic carbocycles. The molecule has 0 aliphatic rings. The predicted molar refractivity (Wildman–Crippen MR) is 62.1 cm³/mol. The van der Waals surface area contributed by atoms with E-state index in [1.165, 1.54) is 0 Å². The number of nitrogens with two attached hydrogens (primary N) is 1. The number of aromatic nitrogens is 2. The van der Waals surface area contributed by atoms with Crippen molar-refractivity contribution in [1.82, 2.24) is 15.3 Å². The lowest BCUT2D eigenvalue weighted by molar-refractivity contribution is 0.198. The average Bonchev–Trinajstić information content (AvgIpc) is 2.25. The Kier molecular flexibility index (Phi) is 4.50. The lowest BCUT2D eigenvalue weighted by Crippen LogP contribution is -2.27. The highest BCUT2D eigenvalue weighted by Crippen LogP contribution is 2.24. The quantitative estimate of drug-likeness (QED) is 0.810. The summed E-state index contributed by atoms with van der Waals surface area (Å²) in [6.07, 6.45) is -0.587. The minimum atomic E-state index is -0.587. The largest absolute Gasteiger partial charge is 0.478 e. The van der Waals surface area contributed by atoms with E-state index in [0.29, 0.717) is 24.6 Å². The van der Waals surface area contributed by atoms with Crippen molar-refractivity contribution in [2.75, 3.05) is 18.9 Å². The van der Waals surface area contributed by atoms with Gasteiger partial charge < -0.3 is 20.5 Å². The highest BCUT2D eigenvalue weighted by atomic mass is 16.6. The first-order valence-corrected chi connectivity index (χ1v) is 5.31. The van der Waals surface area contributed by atoms with Crippen LogP contribution in [0.2, 0.25) is 0 Å². The van der Waals surface area contributed by atoms with Gasteiger partial charge in [-0.3, -0.25) is 0 Å². The van der Waals surface area contributed by atoms with Gasteiger partial charge in [0.05, 0.1) is 12.2 Å². The van der Waals surface area contributed by atoms with Crippen LogP contribution >= 0.6 is 0 Å². The first-order chi connectivity index (χ1) is 8.08. The molecule has 0 aliphatic heterocycles. The number of hydrogen-bond acceptors (Lipinski definition) is 6. The monoisotopic (exact) mass is 240 g/mol. The Morgan fingerprint density at radius 2 is 2.00 bits per heavy atom. The molecule has 0 atom stereocenters. The number of carbonyl (C=O) groups is 1. The number of amides is 1. The number of nitrogens with zero attached hydrogens (tertiary/aromatic N) is 2. The van der Waals surface area contributed by atoms with Crippen molar-refractivity contribution >= 4 is 12.0 Å². The van der Waals surface area contributed by atoms with E-state index in [2.05, 4.69) is 15.3 Å². The van der Waals surface area contributed by atoms with Crippen molar-refractivity contribution in [2.24, 2.45) is 0 Å².